The number of rotatable bonds is 4. The van der Waals surface area contributed by atoms with Crippen LogP contribution in [0, 0.1) is 0 Å². The van der Waals surface area contributed by atoms with Gasteiger partial charge in [0.05, 0.1) is 6.61 Å². The smallest absolute Gasteiger partial charge is 0.326 e. The maximum Gasteiger partial charge on any atom is 0.479 e. The zero-order valence-electron chi connectivity index (χ0n) is 5.18. The van der Waals surface area contributed by atoms with Crippen LogP contribution < -0.4 is 0 Å². The third-order valence-electron chi connectivity index (χ3n) is 0.486. The molecule has 62 valence electrons. The van der Waals surface area contributed by atoms with E-state index in [2.05, 4.69) is 8.83 Å². The predicted molar refractivity (Wildman–Crippen MR) is 33.8 cm³/mol. The third kappa shape index (κ3) is 5.11. The summed E-state index contributed by atoms with van der Waals surface area (Å²) >= 11 is 0. The molecule has 0 aliphatic heterocycles. The maximum absolute atomic E-state index is 10.4. The zero-order chi connectivity index (χ0) is 8.20. The highest BCUT2D eigenvalue weighted by Crippen LogP contribution is 2.50. The molecule has 2 unspecified atom stereocenters. The highest BCUT2D eigenvalue weighted by Gasteiger charge is 2.22. The van der Waals surface area contributed by atoms with Gasteiger partial charge in [0.15, 0.2) is 0 Å². The maximum atomic E-state index is 10.4. The second-order valence-corrected chi connectivity index (χ2v) is 3.70. The van der Waals surface area contributed by atoms with Gasteiger partial charge in [-0.15, -0.1) is 0 Å². The molecule has 0 aromatic carbocycles. The van der Waals surface area contributed by atoms with Crippen LogP contribution in [0.2, 0.25) is 0 Å². The van der Waals surface area contributed by atoms with Gasteiger partial charge in [0.25, 0.3) is 0 Å². The minimum absolute atomic E-state index is 0.0527. The predicted octanol–water partition coefficient (Wildman–Crippen LogP) is 0.522. The molecule has 0 rings (SSSR count). The van der Waals surface area contributed by atoms with E-state index in [1.807, 2.05) is 0 Å². The van der Waals surface area contributed by atoms with E-state index in [1.54, 1.807) is 0 Å². The van der Waals surface area contributed by atoms with Crippen molar-refractivity contribution in [3.63, 3.8) is 0 Å². The first kappa shape index (κ1) is 10.3. The fraction of sp³-hybridized carbons (Fsp3) is 1.00. The van der Waals surface area contributed by atoms with Gasteiger partial charge in [-0.05, 0) is 6.92 Å². The van der Waals surface area contributed by atoms with Gasteiger partial charge in [-0.25, -0.2) is 8.88 Å². The van der Waals surface area contributed by atoms with Crippen molar-refractivity contribution in [2.24, 2.45) is 0 Å². The van der Waals surface area contributed by atoms with Crippen LogP contribution in [0.25, 0.3) is 0 Å². The van der Waals surface area contributed by atoms with Crippen molar-refractivity contribution in [3.8, 4) is 0 Å². The molecule has 0 saturated heterocycles. The SMILES string of the molecule is CCOP(=O)(O)O[PH](=O)O. The molecular formula is C2H8O6P2. The Morgan fingerprint density at radius 3 is 2.50 bits per heavy atom. The molecule has 0 saturated carbocycles. The Labute approximate surface area is 58.3 Å². The van der Waals surface area contributed by atoms with Crippen molar-refractivity contribution < 1.29 is 27.8 Å². The first-order valence-corrected chi connectivity index (χ1v) is 5.13. The molecule has 0 aliphatic carbocycles. The van der Waals surface area contributed by atoms with Gasteiger partial charge in [0.1, 0.15) is 0 Å². The fourth-order valence-electron chi connectivity index (χ4n) is 0.288. The van der Waals surface area contributed by atoms with Gasteiger partial charge in [-0.1, -0.05) is 0 Å². The Balaban J connectivity index is 3.87. The van der Waals surface area contributed by atoms with Crippen molar-refractivity contribution >= 4 is 16.1 Å². The van der Waals surface area contributed by atoms with Crippen molar-refractivity contribution in [1.82, 2.24) is 0 Å². The monoisotopic (exact) mass is 190 g/mol. The lowest BCUT2D eigenvalue weighted by molar-refractivity contribution is 0.209. The molecule has 0 bridgehead atoms. The number of hydrogen-bond acceptors (Lipinski definition) is 4. The fourth-order valence-corrected chi connectivity index (χ4v) is 1.61. The summed E-state index contributed by atoms with van der Waals surface area (Å²) in [5.41, 5.74) is 0. The second-order valence-electron chi connectivity index (χ2n) is 1.24. The molecule has 0 aliphatic rings. The average molecular weight is 190 g/mol. The van der Waals surface area contributed by atoms with Gasteiger partial charge in [0.2, 0.25) is 0 Å². The quantitative estimate of drug-likeness (QED) is 0.627. The van der Waals surface area contributed by atoms with E-state index < -0.39 is 16.1 Å². The van der Waals surface area contributed by atoms with Crippen LogP contribution >= 0.6 is 16.1 Å². The molecule has 0 amide bonds. The summed E-state index contributed by atoms with van der Waals surface area (Å²) in [5.74, 6) is 0. The lowest BCUT2D eigenvalue weighted by atomic mass is 10.9. The summed E-state index contributed by atoms with van der Waals surface area (Å²) in [5, 5.41) is 0. The topological polar surface area (TPSA) is 93.1 Å². The Bertz CT molecular complexity index is 165. The molecule has 0 aromatic rings. The van der Waals surface area contributed by atoms with Crippen molar-refractivity contribution in [3.05, 3.63) is 0 Å². The summed E-state index contributed by atoms with van der Waals surface area (Å²) in [6, 6.07) is 0. The summed E-state index contributed by atoms with van der Waals surface area (Å²) in [6.45, 7) is 1.41. The highest BCUT2D eigenvalue weighted by molar-refractivity contribution is 7.55. The van der Waals surface area contributed by atoms with E-state index in [9.17, 15) is 9.13 Å². The molecule has 10 heavy (non-hydrogen) atoms. The first-order chi connectivity index (χ1) is 4.48. The lowest BCUT2D eigenvalue weighted by Crippen LogP contribution is -1.88. The largest absolute Gasteiger partial charge is 0.479 e. The molecule has 0 fully saturated rings. The van der Waals surface area contributed by atoms with Crippen molar-refractivity contribution in [1.29, 1.82) is 0 Å². The highest BCUT2D eigenvalue weighted by atomic mass is 31.2. The normalized spacial score (nSPS) is 19.9. The Hall–Kier alpha value is 0.300. The summed E-state index contributed by atoms with van der Waals surface area (Å²) in [7, 11) is -7.67. The zero-order valence-corrected chi connectivity index (χ0v) is 7.08. The molecular weight excluding hydrogens is 182 g/mol. The standard InChI is InChI=1S/C2H8O6P2/c1-2-7-10(5,6)8-9(3)4/h9H,2H2,1H3,(H,3,4)(H,5,6). The van der Waals surface area contributed by atoms with E-state index in [-0.39, 0.29) is 6.61 Å². The van der Waals surface area contributed by atoms with Crippen LogP contribution in [0.1, 0.15) is 6.92 Å². The Morgan fingerprint density at radius 2 is 2.20 bits per heavy atom. The molecule has 0 spiro atoms. The third-order valence-corrected chi connectivity index (χ3v) is 2.62. The van der Waals surface area contributed by atoms with Gasteiger partial charge in [0, 0.05) is 0 Å². The summed E-state index contributed by atoms with van der Waals surface area (Å²) in [4.78, 5) is 16.5. The first-order valence-electron chi connectivity index (χ1n) is 2.38. The van der Waals surface area contributed by atoms with Crippen LogP contribution in [-0.4, -0.2) is 16.4 Å². The van der Waals surface area contributed by atoms with Crippen LogP contribution in [0.3, 0.4) is 0 Å². The number of hydrogen-bond donors (Lipinski definition) is 2. The second kappa shape index (κ2) is 4.23. The van der Waals surface area contributed by atoms with Crippen LogP contribution in [0.15, 0.2) is 0 Å². The van der Waals surface area contributed by atoms with Gasteiger partial charge in [-0.3, -0.25) is 9.09 Å². The van der Waals surface area contributed by atoms with Crippen molar-refractivity contribution in [2.45, 2.75) is 6.92 Å². The molecule has 0 heterocycles. The number of phosphoric ester groups is 1. The average Bonchev–Trinajstić information content (AvgIpc) is 1.59. The van der Waals surface area contributed by atoms with E-state index in [0.717, 1.165) is 0 Å². The van der Waals surface area contributed by atoms with Crippen LogP contribution in [0.5, 0.6) is 0 Å². The molecule has 2 N–H and O–H groups in total. The number of phosphoric acid groups is 1. The summed E-state index contributed by atoms with van der Waals surface area (Å²) in [6.07, 6.45) is 0. The molecule has 6 nitrogen and oxygen atoms in total. The minimum Gasteiger partial charge on any atom is -0.326 e. The molecule has 0 radical (unpaired) electrons. The van der Waals surface area contributed by atoms with Gasteiger partial charge in [-0.2, -0.15) is 0 Å². The van der Waals surface area contributed by atoms with E-state index >= 15 is 0 Å². The lowest BCUT2D eigenvalue weighted by Gasteiger charge is -2.06. The Kier molecular flexibility index (Phi) is 4.36. The molecule has 0 aromatic heterocycles. The van der Waals surface area contributed by atoms with Crippen molar-refractivity contribution in [2.75, 3.05) is 6.61 Å². The van der Waals surface area contributed by atoms with Gasteiger partial charge >= 0.3 is 16.1 Å². The van der Waals surface area contributed by atoms with E-state index in [4.69, 9.17) is 9.79 Å². The molecule has 2 atom stereocenters. The minimum atomic E-state index is -4.27. The Morgan fingerprint density at radius 1 is 1.70 bits per heavy atom. The molecule has 8 heteroatoms. The van der Waals surface area contributed by atoms with Crippen LogP contribution in [-0.2, 0) is 18.0 Å². The summed E-state index contributed by atoms with van der Waals surface area (Å²) < 4.78 is 28.0. The van der Waals surface area contributed by atoms with E-state index in [0.29, 0.717) is 0 Å². The van der Waals surface area contributed by atoms with Gasteiger partial charge < -0.3 is 9.79 Å². The van der Waals surface area contributed by atoms with E-state index in [1.165, 1.54) is 6.92 Å². The van der Waals surface area contributed by atoms with Crippen LogP contribution in [0.4, 0.5) is 0 Å².